The van der Waals surface area contributed by atoms with E-state index >= 15 is 0 Å². The van der Waals surface area contributed by atoms with Gasteiger partial charge in [0.05, 0.1) is 5.41 Å². The van der Waals surface area contributed by atoms with Crippen LogP contribution in [0, 0.1) is 5.82 Å². The zero-order valence-electron chi connectivity index (χ0n) is 13.0. The molecule has 3 nitrogen and oxygen atoms in total. The van der Waals surface area contributed by atoms with Gasteiger partial charge in [-0.15, -0.1) is 12.4 Å². The van der Waals surface area contributed by atoms with Crippen LogP contribution in [0.25, 0.3) is 0 Å². The number of hydrogen-bond acceptors (Lipinski definition) is 2. The smallest absolute Gasteiger partial charge is 0.233 e. The van der Waals surface area contributed by atoms with Gasteiger partial charge in [0.2, 0.25) is 5.91 Å². The average Bonchev–Trinajstić information content (AvgIpc) is 2.46. The van der Waals surface area contributed by atoms with Gasteiger partial charge in [-0.2, -0.15) is 0 Å². The lowest BCUT2D eigenvalue weighted by molar-refractivity contribution is -0.142. The first kappa shape index (κ1) is 17.2. The minimum Gasteiger partial charge on any atom is -0.340 e. The maximum atomic E-state index is 13.5. The van der Waals surface area contributed by atoms with E-state index in [0.717, 1.165) is 50.8 Å². The summed E-state index contributed by atoms with van der Waals surface area (Å²) in [7, 11) is 1.95. The van der Waals surface area contributed by atoms with Crippen molar-refractivity contribution in [3.05, 3.63) is 35.6 Å². The summed E-state index contributed by atoms with van der Waals surface area (Å²) in [4.78, 5) is 15.0. The maximum absolute atomic E-state index is 13.5. The summed E-state index contributed by atoms with van der Waals surface area (Å²) in [6, 6.07) is 6.98. The van der Waals surface area contributed by atoms with Crippen molar-refractivity contribution in [1.82, 2.24) is 10.2 Å². The molecule has 2 fully saturated rings. The fraction of sp³-hybridized carbons (Fsp3) is 0.588. The monoisotopic (exact) mass is 326 g/mol. The van der Waals surface area contributed by atoms with Crippen molar-refractivity contribution in [3.63, 3.8) is 0 Å². The summed E-state index contributed by atoms with van der Waals surface area (Å²) < 4.78 is 13.5. The Morgan fingerprint density at radius 1 is 1.36 bits per heavy atom. The summed E-state index contributed by atoms with van der Waals surface area (Å²) in [5.74, 6) is -0.0578. The minimum absolute atomic E-state index is 0. The van der Waals surface area contributed by atoms with E-state index in [1.807, 2.05) is 18.0 Å². The van der Waals surface area contributed by atoms with Crippen molar-refractivity contribution >= 4 is 18.3 Å². The highest BCUT2D eigenvalue weighted by atomic mass is 35.5. The molecule has 1 saturated carbocycles. The van der Waals surface area contributed by atoms with Crippen LogP contribution in [0.4, 0.5) is 4.39 Å². The highest BCUT2D eigenvalue weighted by Gasteiger charge is 2.48. The Kier molecular flexibility index (Phi) is 5.45. The van der Waals surface area contributed by atoms with Gasteiger partial charge in [-0.25, -0.2) is 4.39 Å². The van der Waals surface area contributed by atoms with E-state index in [2.05, 4.69) is 5.32 Å². The molecule has 1 amide bonds. The molecule has 122 valence electrons. The topological polar surface area (TPSA) is 32.3 Å². The van der Waals surface area contributed by atoms with Gasteiger partial charge >= 0.3 is 0 Å². The molecule has 0 spiro atoms. The number of hydrogen-bond donors (Lipinski definition) is 1. The van der Waals surface area contributed by atoms with Crippen LogP contribution in [0.15, 0.2) is 24.3 Å². The Bertz CT molecular complexity index is 533. The van der Waals surface area contributed by atoms with E-state index < -0.39 is 5.41 Å². The number of piperidine rings is 1. The van der Waals surface area contributed by atoms with E-state index in [0.29, 0.717) is 6.04 Å². The number of likely N-dealkylation sites (tertiary alicyclic amines) is 1. The second kappa shape index (κ2) is 6.97. The Morgan fingerprint density at radius 2 is 2.14 bits per heavy atom. The minimum atomic E-state index is -0.474. The molecule has 1 atom stereocenters. The predicted molar refractivity (Wildman–Crippen MR) is 87.8 cm³/mol. The molecule has 1 saturated heterocycles. The standard InChI is InChI=1S/C17H23FN2O.ClH/c1-19-15-7-3-10-20(12-15)16(21)17(8-4-9-17)13-5-2-6-14(18)11-13;/h2,5-6,11,15,19H,3-4,7-10,12H2,1H3;1H. The second-order valence-electron chi connectivity index (χ2n) is 6.33. The van der Waals surface area contributed by atoms with Crippen molar-refractivity contribution in [2.45, 2.75) is 43.6 Å². The lowest BCUT2D eigenvalue weighted by Gasteiger charge is -2.46. The molecule has 1 aromatic carbocycles. The van der Waals surface area contributed by atoms with E-state index in [9.17, 15) is 9.18 Å². The highest BCUT2D eigenvalue weighted by molar-refractivity contribution is 5.89. The molecule has 2 aliphatic rings. The summed E-state index contributed by atoms with van der Waals surface area (Å²) in [6.45, 7) is 1.60. The molecule has 0 bridgehead atoms. The Hall–Kier alpha value is -1.13. The summed E-state index contributed by atoms with van der Waals surface area (Å²) in [6.07, 6.45) is 4.89. The number of benzene rings is 1. The normalized spacial score (nSPS) is 23.4. The van der Waals surface area contributed by atoms with Crippen LogP contribution >= 0.6 is 12.4 Å². The number of amides is 1. The molecule has 22 heavy (non-hydrogen) atoms. The summed E-state index contributed by atoms with van der Waals surface area (Å²) in [5, 5.41) is 3.27. The second-order valence-corrected chi connectivity index (χ2v) is 6.33. The molecule has 1 heterocycles. The van der Waals surface area contributed by atoms with E-state index in [-0.39, 0.29) is 24.1 Å². The molecular weight excluding hydrogens is 303 g/mol. The van der Waals surface area contributed by atoms with Gasteiger partial charge in [-0.05, 0) is 50.4 Å². The fourth-order valence-corrected chi connectivity index (χ4v) is 3.64. The summed E-state index contributed by atoms with van der Waals surface area (Å²) >= 11 is 0. The van der Waals surface area contributed by atoms with Crippen molar-refractivity contribution in [3.8, 4) is 0 Å². The van der Waals surface area contributed by atoms with Gasteiger partial charge in [0, 0.05) is 19.1 Å². The highest BCUT2D eigenvalue weighted by Crippen LogP contribution is 2.45. The number of carbonyl (C=O) groups is 1. The molecule has 0 radical (unpaired) electrons. The predicted octanol–water partition coefficient (Wildman–Crippen LogP) is 2.88. The van der Waals surface area contributed by atoms with Crippen LogP contribution < -0.4 is 5.32 Å². The van der Waals surface area contributed by atoms with Crippen molar-refractivity contribution in [1.29, 1.82) is 0 Å². The SMILES string of the molecule is CNC1CCCN(C(=O)C2(c3cccc(F)c3)CCC2)C1.Cl. The van der Waals surface area contributed by atoms with E-state index in [1.54, 1.807) is 6.07 Å². The molecule has 1 aromatic rings. The van der Waals surface area contributed by atoms with Crippen LogP contribution in [0.3, 0.4) is 0 Å². The largest absolute Gasteiger partial charge is 0.340 e. The van der Waals surface area contributed by atoms with Crippen LogP contribution in [0.1, 0.15) is 37.7 Å². The zero-order chi connectivity index (χ0) is 14.9. The molecular formula is C17H24ClFN2O. The van der Waals surface area contributed by atoms with Crippen LogP contribution in [0.5, 0.6) is 0 Å². The van der Waals surface area contributed by atoms with Crippen molar-refractivity contribution in [2.24, 2.45) is 0 Å². The van der Waals surface area contributed by atoms with Gasteiger partial charge in [0.15, 0.2) is 0 Å². The first-order chi connectivity index (χ1) is 10.2. The number of halogens is 2. The third-order valence-corrected chi connectivity index (χ3v) is 5.11. The van der Waals surface area contributed by atoms with Crippen LogP contribution in [-0.4, -0.2) is 37.0 Å². The number of rotatable bonds is 3. The van der Waals surface area contributed by atoms with Crippen LogP contribution in [-0.2, 0) is 10.2 Å². The Morgan fingerprint density at radius 3 is 2.73 bits per heavy atom. The Balaban J connectivity index is 0.00000176. The maximum Gasteiger partial charge on any atom is 0.233 e. The van der Waals surface area contributed by atoms with Crippen LogP contribution in [0.2, 0.25) is 0 Å². The Labute approximate surface area is 137 Å². The van der Waals surface area contributed by atoms with Gasteiger partial charge in [-0.3, -0.25) is 4.79 Å². The first-order valence-electron chi connectivity index (χ1n) is 7.88. The molecule has 3 rings (SSSR count). The first-order valence-corrected chi connectivity index (χ1v) is 7.88. The van der Waals surface area contributed by atoms with Gasteiger partial charge in [0.25, 0.3) is 0 Å². The van der Waals surface area contributed by atoms with Crippen molar-refractivity contribution in [2.75, 3.05) is 20.1 Å². The fourth-order valence-electron chi connectivity index (χ4n) is 3.64. The van der Waals surface area contributed by atoms with Crippen molar-refractivity contribution < 1.29 is 9.18 Å². The third kappa shape index (κ3) is 2.99. The molecule has 5 heteroatoms. The van der Waals surface area contributed by atoms with E-state index in [4.69, 9.17) is 0 Å². The molecule has 0 aromatic heterocycles. The lowest BCUT2D eigenvalue weighted by Crippen LogP contribution is -2.55. The number of carbonyl (C=O) groups excluding carboxylic acids is 1. The molecule has 1 N–H and O–H groups in total. The van der Waals surface area contributed by atoms with E-state index in [1.165, 1.54) is 12.1 Å². The zero-order valence-corrected chi connectivity index (χ0v) is 13.8. The molecule has 1 aliphatic carbocycles. The number of nitrogens with one attached hydrogen (secondary N) is 1. The lowest BCUT2D eigenvalue weighted by atomic mass is 9.63. The number of likely N-dealkylation sites (N-methyl/N-ethyl adjacent to an activating group) is 1. The summed E-state index contributed by atoms with van der Waals surface area (Å²) in [5.41, 5.74) is 0.378. The van der Waals surface area contributed by atoms with Gasteiger partial charge in [0.1, 0.15) is 5.82 Å². The molecule has 1 aliphatic heterocycles. The van der Waals surface area contributed by atoms with Gasteiger partial charge in [-0.1, -0.05) is 18.6 Å². The molecule has 1 unspecified atom stereocenters. The average molecular weight is 327 g/mol. The van der Waals surface area contributed by atoms with Gasteiger partial charge < -0.3 is 10.2 Å². The number of nitrogens with zero attached hydrogens (tertiary/aromatic N) is 1. The quantitative estimate of drug-likeness (QED) is 0.926. The third-order valence-electron chi connectivity index (χ3n) is 5.11.